The molecule has 2 atom stereocenters. The summed E-state index contributed by atoms with van der Waals surface area (Å²) in [5, 5.41) is 3.95. The van der Waals surface area contributed by atoms with Crippen LogP contribution in [-0.4, -0.2) is 16.7 Å². The topological polar surface area (TPSA) is 83.4 Å². The van der Waals surface area contributed by atoms with Crippen molar-refractivity contribution in [2.75, 3.05) is 6.61 Å². The van der Waals surface area contributed by atoms with Gasteiger partial charge in [-0.15, -0.1) is 0 Å². The number of rotatable bonds is 3. The Morgan fingerprint density at radius 1 is 1.25 bits per heavy atom. The fourth-order valence-electron chi connectivity index (χ4n) is 1.95. The van der Waals surface area contributed by atoms with Gasteiger partial charge in [0.25, 0.3) is 0 Å². The van der Waals surface area contributed by atoms with Crippen LogP contribution in [0.3, 0.4) is 0 Å². The van der Waals surface area contributed by atoms with E-state index in [2.05, 4.69) is 10.1 Å². The lowest BCUT2D eigenvalue weighted by molar-refractivity contribution is 0.0832. The van der Waals surface area contributed by atoms with E-state index in [9.17, 15) is 0 Å². The van der Waals surface area contributed by atoms with Gasteiger partial charge in [0.15, 0.2) is 17.6 Å². The third-order valence-corrected chi connectivity index (χ3v) is 3.26. The lowest BCUT2D eigenvalue weighted by Crippen LogP contribution is -2.23. The largest absolute Gasteiger partial charge is 0.485 e. The van der Waals surface area contributed by atoms with Gasteiger partial charge in [-0.1, -0.05) is 31.1 Å². The van der Waals surface area contributed by atoms with Crippen LogP contribution < -0.4 is 15.2 Å². The molecular formula is C14H17N3O3. The lowest BCUT2D eigenvalue weighted by atomic mass is 10.1. The molecule has 2 aromatic rings. The summed E-state index contributed by atoms with van der Waals surface area (Å²) in [5.74, 6) is 2.53. The first-order chi connectivity index (χ1) is 9.65. The number of hydrogen-bond donors (Lipinski definition) is 1. The van der Waals surface area contributed by atoms with E-state index in [4.69, 9.17) is 19.7 Å². The minimum Gasteiger partial charge on any atom is -0.485 e. The van der Waals surface area contributed by atoms with Crippen molar-refractivity contribution in [1.29, 1.82) is 0 Å². The number of benzene rings is 1. The first kappa shape index (κ1) is 12.9. The maximum absolute atomic E-state index is 5.99. The number of hydrogen-bond acceptors (Lipinski definition) is 6. The average Bonchev–Trinajstić information content (AvgIpc) is 2.95. The minimum atomic E-state index is -0.373. The van der Waals surface area contributed by atoms with Crippen LogP contribution in [0.15, 0.2) is 28.8 Å². The second kappa shape index (κ2) is 5.13. The summed E-state index contributed by atoms with van der Waals surface area (Å²) in [6, 6.07) is 7.23. The average molecular weight is 275 g/mol. The van der Waals surface area contributed by atoms with Crippen LogP contribution in [0.5, 0.6) is 11.5 Å². The molecule has 2 heterocycles. The third kappa shape index (κ3) is 2.34. The summed E-state index contributed by atoms with van der Waals surface area (Å²) >= 11 is 0. The molecule has 1 aliphatic rings. The van der Waals surface area contributed by atoms with Crippen molar-refractivity contribution in [3.05, 3.63) is 36.0 Å². The number of aromatic nitrogens is 2. The van der Waals surface area contributed by atoms with Crippen LogP contribution in [0.1, 0.15) is 37.7 Å². The highest BCUT2D eigenvalue weighted by molar-refractivity contribution is 5.40. The van der Waals surface area contributed by atoms with Crippen LogP contribution in [0, 0.1) is 5.92 Å². The van der Waals surface area contributed by atoms with Crippen molar-refractivity contribution in [1.82, 2.24) is 10.1 Å². The first-order valence-electron chi connectivity index (χ1n) is 6.62. The van der Waals surface area contributed by atoms with Gasteiger partial charge in [-0.05, 0) is 18.1 Å². The molecule has 1 aromatic carbocycles. The Morgan fingerprint density at radius 3 is 2.75 bits per heavy atom. The van der Waals surface area contributed by atoms with Gasteiger partial charge >= 0.3 is 0 Å². The Hall–Kier alpha value is -2.08. The zero-order chi connectivity index (χ0) is 14.1. The number of para-hydroxylation sites is 2. The van der Waals surface area contributed by atoms with Crippen molar-refractivity contribution >= 4 is 0 Å². The highest BCUT2D eigenvalue weighted by Crippen LogP contribution is 2.35. The van der Waals surface area contributed by atoms with Gasteiger partial charge in [-0.3, -0.25) is 0 Å². The van der Waals surface area contributed by atoms with Gasteiger partial charge < -0.3 is 19.7 Å². The standard InChI is InChI=1S/C14H17N3O3/c1-8(2)12(15)14-16-13(17-20-14)11-7-18-9-5-3-4-6-10(9)19-11/h3-6,8,11-12H,7,15H2,1-2H3/t11?,12-/m1/s1. The summed E-state index contributed by atoms with van der Waals surface area (Å²) in [6.07, 6.45) is -0.373. The van der Waals surface area contributed by atoms with E-state index < -0.39 is 0 Å². The fraction of sp³-hybridized carbons (Fsp3) is 0.429. The third-order valence-electron chi connectivity index (χ3n) is 3.26. The maximum Gasteiger partial charge on any atom is 0.243 e. The Balaban J connectivity index is 1.78. The number of nitrogens with two attached hydrogens (primary N) is 1. The molecule has 2 N–H and O–H groups in total. The number of fused-ring (bicyclic) bond motifs is 1. The van der Waals surface area contributed by atoms with E-state index in [-0.39, 0.29) is 18.1 Å². The monoisotopic (exact) mass is 275 g/mol. The quantitative estimate of drug-likeness (QED) is 0.924. The predicted octanol–water partition coefficient (Wildman–Crippen LogP) is 2.24. The van der Waals surface area contributed by atoms with E-state index in [1.807, 2.05) is 38.1 Å². The molecule has 0 bridgehead atoms. The van der Waals surface area contributed by atoms with Gasteiger partial charge in [0.05, 0.1) is 6.04 Å². The number of ether oxygens (including phenoxy) is 2. The smallest absolute Gasteiger partial charge is 0.243 e. The molecule has 3 rings (SSSR count). The van der Waals surface area contributed by atoms with Crippen LogP contribution in [0.4, 0.5) is 0 Å². The molecule has 1 unspecified atom stereocenters. The van der Waals surface area contributed by atoms with Crippen molar-refractivity contribution in [3.63, 3.8) is 0 Å². The van der Waals surface area contributed by atoms with Crippen LogP contribution in [-0.2, 0) is 0 Å². The molecular weight excluding hydrogens is 258 g/mol. The molecule has 1 aromatic heterocycles. The van der Waals surface area contributed by atoms with Gasteiger partial charge in [0.2, 0.25) is 11.7 Å². The minimum absolute atomic E-state index is 0.229. The Bertz CT molecular complexity index is 597. The van der Waals surface area contributed by atoms with Crippen molar-refractivity contribution < 1.29 is 14.0 Å². The normalized spacial score (nSPS) is 19.1. The Kier molecular flexibility index (Phi) is 3.31. The summed E-state index contributed by atoms with van der Waals surface area (Å²) in [5.41, 5.74) is 5.99. The summed E-state index contributed by atoms with van der Waals surface area (Å²) in [7, 11) is 0. The SMILES string of the molecule is CC(C)[C@@H](N)c1nc(C2COc3ccccc3O2)no1. The second-order valence-corrected chi connectivity index (χ2v) is 5.12. The molecule has 0 spiro atoms. The fourth-order valence-corrected chi connectivity index (χ4v) is 1.95. The molecule has 0 amide bonds. The van der Waals surface area contributed by atoms with E-state index in [1.165, 1.54) is 0 Å². The summed E-state index contributed by atoms with van der Waals surface area (Å²) < 4.78 is 16.7. The highest BCUT2D eigenvalue weighted by Gasteiger charge is 2.28. The van der Waals surface area contributed by atoms with E-state index >= 15 is 0 Å². The molecule has 0 aliphatic carbocycles. The second-order valence-electron chi connectivity index (χ2n) is 5.12. The van der Waals surface area contributed by atoms with E-state index in [0.29, 0.717) is 24.1 Å². The zero-order valence-electron chi connectivity index (χ0n) is 11.4. The van der Waals surface area contributed by atoms with Gasteiger partial charge in [0, 0.05) is 0 Å². The number of nitrogens with zero attached hydrogens (tertiary/aromatic N) is 2. The Labute approximate surface area is 116 Å². The summed E-state index contributed by atoms with van der Waals surface area (Å²) in [4.78, 5) is 4.32. The van der Waals surface area contributed by atoms with Crippen LogP contribution >= 0.6 is 0 Å². The molecule has 106 valence electrons. The molecule has 1 aliphatic heterocycles. The van der Waals surface area contributed by atoms with E-state index in [0.717, 1.165) is 5.75 Å². The summed E-state index contributed by atoms with van der Waals surface area (Å²) in [6.45, 7) is 4.36. The predicted molar refractivity (Wildman–Crippen MR) is 71.4 cm³/mol. The molecule has 0 saturated heterocycles. The molecule has 0 saturated carbocycles. The van der Waals surface area contributed by atoms with Gasteiger partial charge in [0.1, 0.15) is 6.61 Å². The Morgan fingerprint density at radius 2 is 2.00 bits per heavy atom. The van der Waals surface area contributed by atoms with Gasteiger partial charge in [-0.25, -0.2) is 0 Å². The van der Waals surface area contributed by atoms with Crippen molar-refractivity contribution in [2.45, 2.75) is 26.0 Å². The molecule has 0 fully saturated rings. The van der Waals surface area contributed by atoms with E-state index in [1.54, 1.807) is 0 Å². The van der Waals surface area contributed by atoms with Crippen molar-refractivity contribution in [2.24, 2.45) is 11.7 Å². The van der Waals surface area contributed by atoms with Crippen LogP contribution in [0.2, 0.25) is 0 Å². The highest BCUT2D eigenvalue weighted by atomic mass is 16.6. The molecule has 6 nitrogen and oxygen atoms in total. The van der Waals surface area contributed by atoms with Crippen molar-refractivity contribution in [3.8, 4) is 11.5 Å². The van der Waals surface area contributed by atoms with Crippen LogP contribution in [0.25, 0.3) is 0 Å². The lowest BCUT2D eigenvalue weighted by Gasteiger charge is -2.24. The molecule has 0 radical (unpaired) electrons. The molecule has 20 heavy (non-hydrogen) atoms. The maximum atomic E-state index is 5.99. The first-order valence-corrected chi connectivity index (χ1v) is 6.62. The van der Waals surface area contributed by atoms with Gasteiger partial charge in [-0.2, -0.15) is 4.98 Å². The molecule has 6 heteroatoms. The zero-order valence-corrected chi connectivity index (χ0v) is 11.4.